The summed E-state index contributed by atoms with van der Waals surface area (Å²) in [6.07, 6.45) is 9.11. The molecule has 0 bridgehead atoms. The highest BCUT2D eigenvalue weighted by molar-refractivity contribution is 5.98. The average Bonchev–Trinajstić information content (AvgIpc) is 2.49. The minimum absolute atomic E-state index is 0.376. The lowest BCUT2D eigenvalue weighted by atomic mass is 9.87. The number of rotatable bonds is 0. The zero-order valence-electron chi connectivity index (χ0n) is 9.72. The van der Waals surface area contributed by atoms with Crippen LogP contribution in [0.15, 0.2) is 12.1 Å². The number of aryl methyl sites for hydroxylation is 3. The summed E-state index contributed by atoms with van der Waals surface area (Å²) in [5.74, 6) is 0.376. The zero-order valence-corrected chi connectivity index (χ0v) is 9.72. The van der Waals surface area contributed by atoms with Gasteiger partial charge >= 0.3 is 0 Å². The minimum Gasteiger partial charge on any atom is -0.294 e. The summed E-state index contributed by atoms with van der Waals surface area (Å²) >= 11 is 0. The lowest BCUT2D eigenvalue weighted by Crippen LogP contribution is -2.08. The molecule has 1 nitrogen and oxygen atoms in total. The van der Waals surface area contributed by atoms with Crippen molar-refractivity contribution in [2.24, 2.45) is 0 Å². The van der Waals surface area contributed by atoms with Gasteiger partial charge in [0.1, 0.15) is 0 Å². The Morgan fingerprint density at radius 2 is 1.25 bits per heavy atom. The number of ketones is 1. The Bertz CT molecular complexity index is 431. The number of Topliss-reactive ketones (excluding diaryl/α,β-unsaturated/α-hetero) is 1. The zero-order chi connectivity index (χ0) is 11.0. The Morgan fingerprint density at radius 3 is 2.00 bits per heavy atom. The molecule has 0 unspecified atom stereocenters. The predicted molar refractivity (Wildman–Crippen MR) is 65.0 cm³/mol. The van der Waals surface area contributed by atoms with Gasteiger partial charge in [-0.3, -0.25) is 4.79 Å². The number of hydrogen-bond donors (Lipinski definition) is 0. The molecule has 0 saturated heterocycles. The first-order chi connectivity index (χ1) is 7.84. The van der Waals surface area contributed by atoms with Crippen LogP contribution in [-0.2, 0) is 19.3 Å². The Labute approximate surface area is 96.9 Å². The molecule has 0 amide bonds. The molecular weight excluding hydrogens is 196 g/mol. The van der Waals surface area contributed by atoms with E-state index in [-0.39, 0.29) is 0 Å². The highest BCUT2D eigenvalue weighted by atomic mass is 16.1. The highest BCUT2D eigenvalue weighted by Gasteiger charge is 2.19. The number of carbonyl (C=O) groups excluding carboxylic acids is 1. The molecule has 1 aromatic rings. The molecule has 0 spiro atoms. The van der Waals surface area contributed by atoms with Crippen molar-refractivity contribution < 1.29 is 4.79 Å². The van der Waals surface area contributed by atoms with E-state index in [9.17, 15) is 4.79 Å². The fourth-order valence-electron chi connectivity index (χ4n) is 3.04. The van der Waals surface area contributed by atoms with Gasteiger partial charge in [-0.1, -0.05) is 6.07 Å². The van der Waals surface area contributed by atoms with Crippen LogP contribution >= 0.6 is 0 Å². The van der Waals surface area contributed by atoms with Crippen LogP contribution in [0, 0.1) is 0 Å². The molecule has 0 fully saturated rings. The van der Waals surface area contributed by atoms with Crippen molar-refractivity contribution in [1.29, 1.82) is 0 Å². The van der Waals surface area contributed by atoms with Gasteiger partial charge < -0.3 is 0 Å². The molecule has 1 heteroatoms. The fourth-order valence-corrected chi connectivity index (χ4v) is 3.04. The van der Waals surface area contributed by atoms with Crippen LogP contribution in [0.4, 0.5) is 0 Å². The second-order valence-electron chi connectivity index (χ2n) is 5.12. The van der Waals surface area contributed by atoms with Gasteiger partial charge in [-0.2, -0.15) is 0 Å². The SMILES string of the molecule is O=C1CCCCc2cc3c(cc21)CCCC3. The molecule has 3 rings (SSSR count). The standard InChI is InChI=1S/C15H18O/c16-15-8-4-3-7-13-9-11-5-1-2-6-12(11)10-14(13)15/h9-10H,1-8H2. The van der Waals surface area contributed by atoms with Crippen molar-refractivity contribution in [3.63, 3.8) is 0 Å². The van der Waals surface area contributed by atoms with Crippen molar-refractivity contribution in [1.82, 2.24) is 0 Å². The lowest BCUT2D eigenvalue weighted by molar-refractivity contribution is 0.0982. The van der Waals surface area contributed by atoms with Gasteiger partial charge in [0.2, 0.25) is 0 Å². The van der Waals surface area contributed by atoms with E-state index < -0.39 is 0 Å². The summed E-state index contributed by atoms with van der Waals surface area (Å²) in [7, 11) is 0. The molecule has 0 saturated carbocycles. The molecule has 16 heavy (non-hydrogen) atoms. The first-order valence-electron chi connectivity index (χ1n) is 6.52. The molecule has 0 aliphatic heterocycles. The third-order valence-electron chi connectivity index (χ3n) is 3.97. The van der Waals surface area contributed by atoms with Crippen molar-refractivity contribution in [2.75, 3.05) is 0 Å². The molecule has 0 N–H and O–H groups in total. The van der Waals surface area contributed by atoms with E-state index in [0.29, 0.717) is 5.78 Å². The molecule has 2 aliphatic rings. The molecule has 1 aromatic carbocycles. The summed E-state index contributed by atoms with van der Waals surface area (Å²) in [5, 5.41) is 0. The van der Waals surface area contributed by atoms with E-state index >= 15 is 0 Å². The van der Waals surface area contributed by atoms with Crippen molar-refractivity contribution in [3.8, 4) is 0 Å². The lowest BCUT2D eigenvalue weighted by Gasteiger charge is -2.18. The molecule has 0 atom stereocenters. The van der Waals surface area contributed by atoms with E-state index in [4.69, 9.17) is 0 Å². The van der Waals surface area contributed by atoms with E-state index in [1.165, 1.54) is 48.8 Å². The second-order valence-corrected chi connectivity index (χ2v) is 5.12. The van der Waals surface area contributed by atoms with E-state index in [0.717, 1.165) is 24.8 Å². The van der Waals surface area contributed by atoms with Crippen LogP contribution < -0.4 is 0 Å². The van der Waals surface area contributed by atoms with Crippen LogP contribution in [0.25, 0.3) is 0 Å². The quantitative estimate of drug-likeness (QED) is 0.604. The van der Waals surface area contributed by atoms with Crippen molar-refractivity contribution in [2.45, 2.75) is 51.4 Å². The van der Waals surface area contributed by atoms with Gasteiger partial charge in [-0.25, -0.2) is 0 Å². The maximum Gasteiger partial charge on any atom is 0.163 e. The smallest absolute Gasteiger partial charge is 0.163 e. The minimum atomic E-state index is 0.376. The molecule has 0 heterocycles. The third kappa shape index (κ3) is 1.68. The fraction of sp³-hybridized carbons (Fsp3) is 0.533. The van der Waals surface area contributed by atoms with Gasteiger partial charge in [-0.15, -0.1) is 0 Å². The summed E-state index contributed by atoms with van der Waals surface area (Å²) < 4.78 is 0. The summed E-state index contributed by atoms with van der Waals surface area (Å²) in [4.78, 5) is 12.0. The topological polar surface area (TPSA) is 17.1 Å². The Hall–Kier alpha value is -1.11. The summed E-state index contributed by atoms with van der Waals surface area (Å²) in [6, 6.07) is 4.53. The van der Waals surface area contributed by atoms with E-state index in [2.05, 4.69) is 12.1 Å². The molecule has 84 valence electrons. The first kappa shape index (κ1) is 10.1. The van der Waals surface area contributed by atoms with Crippen LogP contribution in [0.3, 0.4) is 0 Å². The van der Waals surface area contributed by atoms with Crippen molar-refractivity contribution in [3.05, 3.63) is 34.4 Å². The molecule has 0 aromatic heterocycles. The normalized spacial score (nSPS) is 19.9. The maximum atomic E-state index is 12.0. The van der Waals surface area contributed by atoms with Crippen LogP contribution in [0.1, 0.15) is 59.2 Å². The van der Waals surface area contributed by atoms with Gasteiger partial charge in [0.05, 0.1) is 0 Å². The van der Waals surface area contributed by atoms with Gasteiger partial charge in [0.15, 0.2) is 5.78 Å². The predicted octanol–water partition coefficient (Wildman–Crippen LogP) is 3.47. The number of hydrogen-bond acceptors (Lipinski definition) is 1. The summed E-state index contributed by atoms with van der Waals surface area (Å²) in [5.41, 5.74) is 5.32. The summed E-state index contributed by atoms with van der Waals surface area (Å²) in [6.45, 7) is 0. The largest absolute Gasteiger partial charge is 0.294 e. The first-order valence-corrected chi connectivity index (χ1v) is 6.52. The van der Waals surface area contributed by atoms with E-state index in [1.807, 2.05) is 0 Å². The molecule has 0 radical (unpaired) electrons. The molecule has 2 aliphatic carbocycles. The maximum absolute atomic E-state index is 12.0. The highest BCUT2D eigenvalue weighted by Crippen LogP contribution is 2.28. The molecular formula is C15H18O. The monoisotopic (exact) mass is 214 g/mol. The Morgan fingerprint density at radius 1 is 0.688 bits per heavy atom. The van der Waals surface area contributed by atoms with Crippen molar-refractivity contribution >= 4 is 5.78 Å². The van der Waals surface area contributed by atoms with Gasteiger partial charge in [0.25, 0.3) is 0 Å². The van der Waals surface area contributed by atoms with Crippen LogP contribution in [0.2, 0.25) is 0 Å². The Kier molecular flexibility index (Phi) is 2.55. The van der Waals surface area contributed by atoms with Crippen LogP contribution in [0.5, 0.6) is 0 Å². The third-order valence-corrected chi connectivity index (χ3v) is 3.97. The van der Waals surface area contributed by atoms with E-state index in [1.54, 1.807) is 0 Å². The number of fused-ring (bicyclic) bond motifs is 2. The second kappa shape index (κ2) is 4.04. The van der Waals surface area contributed by atoms with Gasteiger partial charge in [-0.05, 0) is 67.7 Å². The van der Waals surface area contributed by atoms with Gasteiger partial charge in [0, 0.05) is 12.0 Å². The number of carbonyl (C=O) groups is 1. The van der Waals surface area contributed by atoms with Crippen LogP contribution in [-0.4, -0.2) is 5.78 Å². The average molecular weight is 214 g/mol. The number of benzene rings is 1. The Balaban J connectivity index is 2.10.